The number of rotatable bonds is 2. The Morgan fingerprint density at radius 3 is 2.76 bits per heavy atom. The molecule has 2 aromatic rings. The molecule has 110 valence electrons. The predicted molar refractivity (Wildman–Crippen MR) is 78.0 cm³/mol. The maximum absolute atomic E-state index is 11.6. The Hall–Kier alpha value is -2.50. The Morgan fingerprint density at radius 1 is 1.43 bits per heavy atom. The number of hydrogen-bond donors (Lipinski definition) is 3. The first-order valence-corrected chi connectivity index (χ1v) is 6.94. The number of hydrogen-bond acceptors (Lipinski definition) is 2. The van der Waals surface area contributed by atoms with Gasteiger partial charge in [0, 0.05) is 23.4 Å². The summed E-state index contributed by atoms with van der Waals surface area (Å²) in [5.41, 5.74) is 7.83. The zero-order valence-corrected chi connectivity index (χ0v) is 11.7. The van der Waals surface area contributed by atoms with Crippen LogP contribution in [0, 0.1) is 0 Å². The lowest BCUT2D eigenvalue weighted by atomic mass is 9.86. The Labute approximate surface area is 121 Å². The molecule has 0 saturated heterocycles. The molecule has 2 amide bonds. The number of primary amides is 1. The number of urea groups is 1. The smallest absolute Gasteiger partial charge is 0.332 e. The molecule has 0 radical (unpaired) electrons. The lowest BCUT2D eigenvalue weighted by Crippen LogP contribution is -2.47. The second-order valence-corrected chi connectivity index (χ2v) is 5.33. The van der Waals surface area contributed by atoms with Crippen LogP contribution in [0.3, 0.4) is 0 Å². The number of fused-ring (bicyclic) bond motifs is 3. The van der Waals surface area contributed by atoms with Crippen molar-refractivity contribution < 1.29 is 14.7 Å². The van der Waals surface area contributed by atoms with E-state index in [-0.39, 0.29) is 5.92 Å². The molecule has 1 aromatic heterocycles. The summed E-state index contributed by atoms with van der Waals surface area (Å²) in [6, 6.07) is 5.96. The van der Waals surface area contributed by atoms with E-state index in [1.165, 1.54) is 4.90 Å². The van der Waals surface area contributed by atoms with Crippen molar-refractivity contribution in [2.24, 2.45) is 5.73 Å². The molecule has 0 bridgehead atoms. The fourth-order valence-corrected chi connectivity index (χ4v) is 3.24. The van der Waals surface area contributed by atoms with Gasteiger partial charge in [0.1, 0.15) is 0 Å². The minimum atomic E-state index is -1.07. The molecule has 1 aliphatic rings. The van der Waals surface area contributed by atoms with Gasteiger partial charge in [-0.3, -0.25) is 0 Å². The average molecular weight is 287 g/mol. The molecule has 0 spiro atoms. The van der Waals surface area contributed by atoms with E-state index in [0.717, 1.165) is 22.9 Å². The first-order valence-electron chi connectivity index (χ1n) is 6.94. The summed E-state index contributed by atoms with van der Waals surface area (Å²) in [4.78, 5) is 27.7. The van der Waals surface area contributed by atoms with Crippen LogP contribution in [0.5, 0.6) is 0 Å². The Bertz CT molecular complexity index is 722. The van der Waals surface area contributed by atoms with Gasteiger partial charge in [0.15, 0.2) is 6.04 Å². The number of H-pyrrole nitrogens is 1. The molecular formula is C15H17N3O3. The van der Waals surface area contributed by atoms with Crippen LogP contribution in [0.25, 0.3) is 10.9 Å². The number of nitrogens with two attached hydrogens (primary N) is 1. The molecule has 21 heavy (non-hydrogen) atoms. The Balaban J connectivity index is 2.27. The molecule has 1 aliphatic heterocycles. The molecular weight excluding hydrogens is 270 g/mol. The van der Waals surface area contributed by atoms with Gasteiger partial charge in [-0.25, -0.2) is 9.59 Å². The summed E-state index contributed by atoms with van der Waals surface area (Å²) < 4.78 is 0. The van der Waals surface area contributed by atoms with Crippen LogP contribution in [0.2, 0.25) is 0 Å². The van der Waals surface area contributed by atoms with Crippen molar-refractivity contribution in [1.29, 1.82) is 0 Å². The molecule has 0 aliphatic carbocycles. The van der Waals surface area contributed by atoms with Crippen LogP contribution in [0.15, 0.2) is 24.3 Å². The van der Waals surface area contributed by atoms with Gasteiger partial charge in [0.05, 0.1) is 5.69 Å². The van der Waals surface area contributed by atoms with E-state index in [9.17, 15) is 14.7 Å². The molecule has 3 rings (SSSR count). The maximum Gasteiger partial charge on any atom is 0.332 e. The minimum Gasteiger partial charge on any atom is -0.479 e. The van der Waals surface area contributed by atoms with E-state index in [4.69, 9.17) is 5.73 Å². The summed E-state index contributed by atoms with van der Waals surface area (Å²) in [5.74, 6) is -0.990. The van der Waals surface area contributed by atoms with Gasteiger partial charge in [0.2, 0.25) is 0 Å². The third-order valence-corrected chi connectivity index (χ3v) is 4.20. The number of carbonyl (C=O) groups is 2. The van der Waals surface area contributed by atoms with Crippen LogP contribution in [0.1, 0.15) is 36.6 Å². The third kappa shape index (κ3) is 1.94. The fourth-order valence-electron chi connectivity index (χ4n) is 3.24. The van der Waals surface area contributed by atoms with Crippen molar-refractivity contribution in [2.75, 3.05) is 6.54 Å². The van der Waals surface area contributed by atoms with Gasteiger partial charge in [-0.2, -0.15) is 0 Å². The molecule has 1 aromatic carbocycles. The van der Waals surface area contributed by atoms with Crippen molar-refractivity contribution in [1.82, 2.24) is 9.88 Å². The zero-order valence-electron chi connectivity index (χ0n) is 11.7. The number of aromatic amines is 1. The third-order valence-electron chi connectivity index (χ3n) is 4.20. The lowest BCUT2D eigenvalue weighted by molar-refractivity contribution is -0.143. The van der Waals surface area contributed by atoms with Crippen LogP contribution in [0.4, 0.5) is 4.79 Å². The summed E-state index contributed by atoms with van der Waals surface area (Å²) in [6.07, 6.45) is 0.810. The highest BCUT2D eigenvalue weighted by Gasteiger charge is 2.40. The zero-order chi connectivity index (χ0) is 15.1. The first-order chi connectivity index (χ1) is 10.0. The summed E-state index contributed by atoms with van der Waals surface area (Å²) >= 11 is 0. The number of aromatic nitrogens is 1. The van der Waals surface area contributed by atoms with Crippen molar-refractivity contribution in [3.63, 3.8) is 0 Å². The summed E-state index contributed by atoms with van der Waals surface area (Å²) in [6.45, 7) is 2.36. The van der Waals surface area contributed by atoms with E-state index in [0.29, 0.717) is 12.2 Å². The average Bonchev–Trinajstić information content (AvgIpc) is 2.84. The maximum atomic E-state index is 11.6. The Kier molecular flexibility index (Phi) is 3.08. The molecule has 2 atom stereocenters. The molecule has 2 unspecified atom stereocenters. The number of nitrogens with zero attached hydrogens (tertiary/aromatic N) is 1. The fraction of sp³-hybridized carbons (Fsp3) is 0.333. The quantitative estimate of drug-likeness (QED) is 0.789. The monoisotopic (exact) mass is 287 g/mol. The number of carboxylic acids is 1. The van der Waals surface area contributed by atoms with E-state index < -0.39 is 18.0 Å². The first kappa shape index (κ1) is 13.5. The summed E-state index contributed by atoms with van der Waals surface area (Å²) in [5, 5.41) is 10.5. The van der Waals surface area contributed by atoms with Crippen LogP contribution < -0.4 is 5.73 Å². The van der Waals surface area contributed by atoms with E-state index in [1.54, 1.807) is 0 Å². The number of carboxylic acid groups (broad SMARTS) is 1. The van der Waals surface area contributed by atoms with Crippen molar-refractivity contribution in [3.8, 4) is 0 Å². The minimum absolute atomic E-state index is 0.0826. The van der Waals surface area contributed by atoms with Crippen molar-refractivity contribution in [3.05, 3.63) is 35.5 Å². The standard InChI is InChI=1S/C15H17N3O3/c1-2-8-7-18(15(16)21)13(14(19)20)12-11(8)9-5-3-4-6-10(9)17-12/h3-6,8,13,17H,2,7H2,1H3,(H2,16,21)(H,19,20). The predicted octanol–water partition coefficient (Wildman–Crippen LogP) is 2.18. The van der Waals surface area contributed by atoms with Crippen LogP contribution >= 0.6 is 0 Å². The molecule has 2 heterocycles. The van der Waals surface area contributed by atoms with Crippen molar-refractivity contribution in [2.45, 2.75) is 25.3 Å². The van der Waals surface area contributed by atoms with E-state index >= 15 is 0 Å². The SMILES string of the molecule is CCC1CN(C(N)=O)C(C(=O)O)c2[nH]c3ccccc3c21. The lowest BCUT2D eigenvalue weighted by Gasteiger charge is -2.36. The van der Waals surface area contributed by atoms with Gasteiger partial charge in [0.25, 0.3) is 0 Å². The number of benzene rings is 1. The number of para-hydroxylation sites is 1. The van der Waals surface area contributed by atoms with Gasteiger partial charge in [-0.05, 0) is 18.1 Å². The normalized spacial score (nSPS) is 21.3. The van der Waals surface area contributed by atoms with Crippen LogP contribution in [-0.2, 0) is 4.79 Å². The topological polar surface area (TPSA) is 99.4 Å². The largest absolute Gasteiger partial charge is 0.479 e. The molecule has 0 fully saturated rings. The highest BCUT2D eigenvalue weighted by atomic mass is 16.4. The van der Waals surface area contributed by atoms with E-state index in [2.05, 4.69) is 4.98 Å². The highest BCUT2D eigenvalue weighted by molar-refractivity contribution is 5.91. The molecule has 4 N–H and O–H groups in total. The van der Waals surface area contributed by atoms with Gasteiger partial charge >= 0.3 is 12.0 Å². The van der Waals surface area contributed by atoms with Crippen molar-refractivity contribution >= 4 is 22.9 Å². The van der Waals surface area contributed by atoms with Gasteiger partial charge < -0.3 is 20.7 Å². The molecule has 6 nitrogen and oxygen atoms in total. The highest BCUT2D eigenvalue weighted by Crippen LogP contribution is 2.41. The molecule has 0 saturated carbocycles. The number of carbonyl (C=O) groups excluding carboxylic acids is 1. The second-order valence-electron chi connectivity index (χ2n) is 5.33. The number of nitrogens with one attached hydrogen (secondary N) is 1. The number of aliphatic carboxylic acids is 1. The Morgan fingerprint density at radius 2 is 2.14 bits per heavy atom. The summed E-state index contributed by atoms with van der Waals surface area (Å²) in [7, 11) is 0. The molecule has 6 heteroatoms. The van der Waals surface area contributed by atoms with Crippen LogP contribution in [-0.4, -0.2) is 33.5 Å². The van der Waals surface area contributed by atoms with Gasteiger partial charge in [-0.15, -0.1) is 0 Å². The van der Waals surface area contributed by atoms with Gasteiger partial charge in [-0.1, -0.05) is 25.1 Å². The second kappa shape index (κ2) is 4.80. The number of amides is 2. The van der Waals surface area contributed by atoms with E-state index in [1.807, 2.05) is 31.2 Å².